The number of aryl methyl sites for hydroxylation is 1. The highest BCUT2D eigenvalue weighted by Gasteiger charge is 2.22. The Kier molecular flexibility index (Phi) is 3.24. The van der Waals surface area contributed by atoms with Crippen molar-refractivity contribution < 1.29 is 4.79 Å². The zero-order valence-electron chi connectivity index (χ0n) is 8.96. The molecule has 0 spiro atoms. The van der Waals surface area contributed by atoms with Gasteiger partial charge in [-0.15, -0.1) is 0 Å². The van der Waals surface area contributed by atoms with Crippen LogP contribution in [0.3, 0.4) is 0 Å². The summed E-state index contributed by atoms with van der Waals surface area (Å²) in [5, 5.41) is 6.06. The van der Waals surface area contributed by atoms with E-state index in [2.05, 4.69) is 20.6 Å². The lowest BCUT2D eigenvalue weighted by molar-refractivity contribution is -0.123. The Morgan fingerprint density at radius 3 is 3.06 bits per heavy atom. The second-order valence-electron chi connectivity index (χ2n) is 3.79. The van der Waals surface area contributed by atoms with Crippen molar-refractivity contribution in [3.05, 3.63) is 17.0 Å². The molecule has 2 heterocycles. The number of nitrogens with one attached hydrogen (secondary N) is 2. The largest absolute Gasteiger partial charge is 0.358 e. The quantitative estimate of drug-likeness (QED) is 0.761. The Hall–Kier alpha value is -1.36. The molecule has 2 rings (SSSR count). The van der Waals surface area contributed by atoms with E-state index in [0.717, 1.165) is 25.1 Å². The van der Waals surface area contributed by atoms with E-state index in [0.29, 0.717) is 5.82 Å². The smallest absolute Gasteiger partial charge is 0.242 e. The van der Waals surface area contributed by atoms with Crippen molar-refractivity contribution in [2.45, 2.75) is 25.8 Å². The van der Waals surface area contributed by atoms with Gasteiger partial charge in [0.05, 0.1) is 0 Å². The second-order valence-corrected chi connectivity index (χ2v) is 4.13. The maximum absolute atomic E-state index is 11.5. The van der Waals surface area contributed by atoms with Crippen molar-refractivity contribution >= 4 is 23.3 Å². The van der Waals surface area contributed by atoms with Crippen LogP contribution < -0.4 is 10.6 Å². The number of halogens is 1. The van der Waals surface area contributed by atoms with Gasteiger partial charge in [-0.3, -0.25) is 4.79 Å². The van der Waals surface area contributed by atoms with Gasteiger partial charge >= 0.3 is 0 Å². The third-order valence-corrected chi connectivity index (χ3v) is 2.60. The number of nitrogens with zero attached hydrogens (tertiary/aromatic N) is 2. The number of aromatic nitrogens is 2. The predicted octanol–water partition coefficient (Wildman–Crippen LogP) is 1.13. The van der Waals surface area contributed by atoms with Crippen molar-refractivity contribution in [2.75, 3.05) is 11.9 Å². The molecule has 0 radical (unpaired) electrons. The Morgan fingerprint density at radius 1 is 1.56 bits per heavy atom. The molecule has 1 atom stereocenters. The molecule has 16 heavy (non-hydrogen) atoms. The second kappa shape index (κ2) is 4.65. The number of hydrogen-bond acceptors (Lipinski definition) is 4. The average Bonchev–Trinajstić information content (AvgIpc) is 2.20. The van der Waals surface area contributed by atoms with E-state index in [9.17, 15) is 4.79 Å². The molecule has 1 aromatic rings. The summed E-state index contributed by atoms with van der Waals surface area (Å²) in [6.45, 7) is 2.58. The number of anilines is 1. The van der Waals surface area contributed by atoms with E-state index in [-0.39, 0.29) is 17.2 Å². The number of hydrogen-bond donors (Lipinski definition) is 2. The summed E-state index contributed by atoms with van der Waals surface area (Å²) in [6.07, 6.45) is 1.79. The average molecular weight is 241 g/mol. The maximum Gasteiger partial charge on any atom is 0.242 e. The van der Waals surface area contributed by atoms with Gasteiger partial charge in [0.2, 0.25) is 11.2 Å². The minimum Gasteiger partial charge on any atom is -0.358 e. The van der Waals surface area contributed by atoms with Crippen LogP contribution in [0, 0.1) is 6.92 Å². The molecule has 0 aromatic carbocycles. The molecular formula is C10H13ClN4O. The summed E-state index contributed by atoms with van der Waals surface area (Å²) >= 11 is 5.74. The first-order chi connectivity index (χ1) is 7.65. The number of piperidine rings is 1. The topological polar surface area (TPSA) is 66.9 Å². The van der Waals surface area contributed by atoms with Crippen LogP contribution in [0.5, 0.6) is 0 Å². The van der Waals surface area contributed by atoms with Gasteiger partial charge in [-0.1, -0.05) is 0 Å². The molecule has 1 aromatic heterocycles. The van der Waals surface area contributed by atoms with Crippen LogP contribution in [0.2, 0.25) is 5.28 Å². The first-order valence-corrected chi connectivity index (χ1v) is 5.58. The van der Waals surface area contributed by atoms with E-state index >= 15 is 0 Å². The van der Waals surface area contributed by atoms with E-state index < -0.39 is 0 Å². The molecule has 1 amide bonds. The first kappa shape index (κ1) is 11.1. The van der Waals surface area contributed by atoms with Gasteiger partial charge in [-0.05, 0) is 31.4 Å². The summed E-state index contributed by atoms with van der Waals surface area (Å²) in [4.78, 5) is 19.5. The van der Waals surface area contributed by atoms with Gasteiger partial charge in [0, 0.05) is 18.3 Å². The van der Waals surface area contributed by atoms with Gasteiger partial charge in [0.15, 0.2) is 0 Å². The number of rotatable bonds is 2. The van der Waals surface area contributed by atoms with Crippen LogP contribution in [0.25, 0.3) is 0 Å². The van der Waals surface area contributed by atoms with Gasteiger partial charge in [-0.2, -0.15) is 0 Å². The van der Waals surface area contributed by atoms with Crippen molar-refractivity contribution in [3.63, 3.8) is 0 Å². The molecule has 0 aliphatic carbocycles. The highest BCUT2D eigenvalue weighted by Crippen LogP contribution is 2.14. The monoisotopic (exact) mass is 240 g/mol. The highest BCUT2D eigenvalue weighted by atomic mass is 35.5. The molecule has 2 N–H and O–H groups in total. The first-order valence-electron chi connectivity index (χ1n) is 5.20. The number of carbonyl (C=O) groups excluding carboxylic acids is 1. The maximum atomic E-state index is 11.5. The van der Waals surface area contributed by atoms with E-state index in [1.165, 1.54) is 0 Å². The Balaban J connectivity index is 2.10. The third kappa shape index (κ3) is 2.61. The summed E-state index contributed by atoms with van der Waals surface area (Å²) in [7, 11) is 0. The molecule has 1 unspecified atom stereocenters. The molecule has 0 saturated carbocycles. The van der Waals surface area contributed by atoms with Crippen molar-refractivity contribution in [2.24, 2.45) is 0 Å². The standard InChI is InChI=1S/C10H13ClN4O/c1-6-5-8(15-10(11)13-6)14-7-3-2-4-12-9(7)16/h5,7H,2-4H2,1H3,(H,12,16)(H,13,14,15). The number of carbonyl (C=O) groups is 1. The lowest BCUT2D eigenvalue weighted by atomic mass is 10.1. The summed E-state index contributed by atoms with van der Waals surface area (Å²) < 4.78 is 0. The molecule has 5 nitrogen and oxygen atoms in total. The Labute approximate surface area is 98.6 Å². The Bertz CT molecular complexity index is 390. The summed E-state index contributed by atoms with van der Waals surface area (Å²) in [6, 6.07) is 1.55. The Morgan fingerprint density at radius 2 is 2.38 bits per heavy atom. The van der Waals surface area contributed by atoms with Gasteiger partial charge in [0.1, 0.15) is 11.9 Å². The molecule has 1 aliphatic rings. The lowest BCUT2D eigenvalue weighted by Gasteiger charge is -2.23. The minimum absolute atomic E-state index is 0.0126. The molecule has 6 heteroatoms. The normalized spacial score (nSPS) is 20.4. The van der Waals surface area contributed by atoms with Crippen LogP contribution >= 0.6 is 11.6 Å². The van der Waals surface area contributed by atoms with Crippen LogP contribution in [-0.4, -0.2) is 28.5 Å². The summed E-state index contributed by atoms with van der Waals surface area (Å²) in [5.41, 5.74) is 0.777. The fourth-order valence-electron chi connectivity index (χ4n) is 1.69. The minimum atomic E-state index is -0.223. The van der Waals surface area contributed by atoms with Gasteiger partial charge in [0.25, 0.3) is 0 Å². The van der Waals surface area contributed by atoms with E-state index in [1.54, 1.807) is 6.07 Å². The van der Waals surface area contributed by atoms with Crippen molar-refractivity contribution in [1.82, 2.24) is 15.3 Å². The van der Waals surface area contributed by atoms with Crippen LogP contribution in [0.4, 0.5) is 5.82 Å². The zero-order chi connectivity index (χ0) is 11.5. The van der Waals surface area contributed by atoms with E-state index in [1.807, 2.05) is 6.92 Å². The van der Waals surface area contributed by atoms with E-state index in [4.69, 9.17) is 11.6 Å². The van der Waals surface area contributed by atoms with Crippen molar-refractivity contribution in [1.29, 1.82) is 0 Å². The van der Waals surface area contributed by atoms with Crippen LogP contribution in [0.1, 0.15) is 18.5 Å². The van der Waals surface area contributed by atoms with Crippen LogP contribution in [0.15, 0.2) is 6.07 Å². The molecular weight excluding hydrogens is 228 g/mol. The van der Waals surface area contributed by atoms with Gasteiger partial charge in [-0.25, -0.2) is 9.97 Å². The fourth-order valence-corrected chi connectivity index (χ4v) is 1.92. The molecule has 1 fully saturated rings. The lowest BCUT2D eigenvalue weighted by Crippen LogP contribution is -2.44. The third-order valence-electron chi connectivity index (χ3n) is 2.43. The molecule has 0 bridgehead atoms. The zero-order valence-corrected chi connectivity index (χ0v) is 9.71. The SMILES string of the molecule is Cc1cc(NC2CCCNC2=O)nc(Cl)n1. The van der Waals surface area contributed by atoms with Crippen LogP contribution in [-0.2, 0) is 4.79 Å². The highest BCUT2D eigenvalue weighted by molar-refractivity contribution is 6.28. The predicted molar refractivity (Wildman–Crippen MR) is 61.4 cm³/mol. The van der Waals surface area contributed by atoms with Crippen molar-refractivity contribution in [3.8, 4) is 0 Å². The number of amides is 1. The van der Waals surface area contributed by atoms with Gasteiger partial charge < -0.3 is 10.6 Å². The fraction of sp³-hybridized carbons (Fsp3) is 0.500. The summed E-state index contributed by atoms with van der Waals surface area (Å²) in [5.74, 6) is 0.609. The molecule has 1 aliphatic heterocycles. The molecule has 86 valence electrons. The molecule has 1 saturated heterocycles.